The zero-order valence-corrected chi connectivity index (χ0v) is 12.4. The van der Waals surface area contributed by atoms with Crippen molar-refractivity contribution in [3.8, 4) is 0 Å². The Morgan fingerprint density at radius 3 is 2.90 bits per heavy atom. The standard InChI is InChI=1S/C16H25FN2O/c1-11-8-16(14(12(2)18)9-15(11)17)19-6-3-4-13(10-19)5-7-20/h8-9,12-13,20H,3-7,10,18H2,1-2H3/t12-,13?/m1/s1. The fraction of sp³-hybridized carbons (Fsp3) is 0.625. The van der Waals surface area contributed by atoms with Crippen molar-refractivity contribution in [1.82, 2.24) is 0 Å². The number of hydrogen-bond acceptors (Lipinski definition) is 3. The van der Waals surface area contributed by atoms with Crippen LogP contribution in [0.15, 0.2) is 12.1 Å². The molecule has 1 aromatic carbocycles. The number of halogens is 1. The van der Waals surface area contributed by atoms with Gasteiger partial charge in [0, 0.05) is 31.4 Å². The van der Waals surface area contributed by atoms with Crippen LogP contribution in [-0.2, 0) is 0 Å². The first-order chi connectivity index (χ1) is 9.52. The van der Waals surface area contributed by atoms with Crippen LogP contribution in [0.25, 0.3) is 0 Å². The highest BCUT2D eigenvalue weighted by atomic mass is 19.1. The predicted molar refractivity (Wildman–Crippen MR) is 80.4 cm³/mol. The molecule has 4 heteroatoms. The molecule has 0 aromatic heterocycles. The van der Waals surface area contributed by atoms with Gasteiger partial charge in [-0.05, 0) is 62.3 Å². The van der Waals surface area contributed by atoms with Crippen LogP contribution >= 0.6 is 0 Å². The molecule has 3 nitrogen and oxygen atoms in total. The molecule has 0 amide bonds. The molecule has 1 aliphatic heterocycles. The molecule has 20 heavy (non-hydrogen) atoms. The maximum atomic E-state index is 13.8. The van der Waals surface area contributed by atoms with Gasteiger partial charge in [-0.2, -0.15) is 0 Å². The summed E-state index contributed by atoms with van der Waals surface area (Å²) in [6.45, 7) is 5.82. The van der Waals surface area contributed by atoms with E-state index >= 15 is 0 Å². The summed E-state index contributed by atoms with van der Waals surface area (Å²) in [5.41, 5.74) is 8.59. The van der Waals surface area contributed by atoms with Gasteiger partial charge in [-0.25, -0.2) is 4.39 Å². The molecule has 0 spiro atoms. The first-order valence-corrected chi connectivity index (χ1v) is 7.44. The third-order valence-electron chi connectivity index (χ3n) is 4.20. The summed E-state index contributed by atoms with van der Waals surface area (Å²) < 4.78 is 13.8. The lowest BCUT2D eigenvalue weighted by Crippen LogP contribution is -2.36. The summed E-state index contributed by atoms with van der Waals surface area (Å²) in [6.07, 6.45) is 3.11. The van der Waals surface area contributed by atoms with Gasteiger partial charge in [0.1, 0.15) is 5.82 Å². The largest absolute Gasteiger partial charge is 0.396 e. The van der Waals surface area contributed by atoms with E-state index in [4.69, 9.17) is 10.8 Å². The third kappa shape index (κ3) is 3.30. The van der Waals surface area contributed by atoms with Crippen molar-refractivity contribution in [1.29, 1.82) is 0 Å². The summed E-state index contributed by atoms with van der Waals surface area (Å²) in [6, 6.07) is 3.30. The third-order valence-corrected chi connectivity index (χ3v) is 4.20. The zero-order chi connectivity index (χ0) is 14.7. The molecule has 0 saturated carbocycles. The first kappa shape index (κ1) is 15.3. The molecular formula is C16H25FN2O. The maximum Gasteiger partial charge on any atom is 0.126 e. The van der Waals surface area contributed by atoms with Gasteiger partial charge in [0.15, 0.2) is 0 Å². The molecule has 2 rings (SSSR count). The lowest BCUT2D eigenvalue weighted by atomic mass is 9.93. The summed E-state index contributed by atoms with van der Waals surface area (Å²) in [7, 11) is 0. The quantitative estimate of drug-likeness (QED) is 0.891. The molecular weight excluding hydrogens is 255 g/mol. The van der Waals surface area contributed by atoms with E-state index in [-0.39, 0.29) is 18.5 Å². The van der Waals surface area contributed by atoms with Crippen LogP contribution in [0.5, 0.6) is 0 Å². The van der Waals surface area contributed by atoms with Crippen molar-refractivity contribution >= 4 is 5.69 Å². The maximum absolute atomic E-state index is 13.8. The minimum Gasteiger partial charge on any atom is -0.396 e. The Hall–Kier alpha value is -1.13. The number of aliphatic hydroxyl groups is 1. The number of anilines is 1. The number of rotatable bonds is 4. The van der Waals surface area contributed by atoms with Gasteiger partial charge >= 0.3 is 0 Å². The summed E-state index contributed by atoms with van der Waals surface area (Å²) >= 11 is 0. The van der Waals surface area contributed by atoms with Gasteiger partial charge in [0.05, 0.1) is 0 Å². The summed E-state index contributed by atoms with van der Waals surface area (Å²) in [4.78, 5) is 2.30. The Labute approximate surface area is 120 Å². The minimum atomic E-state index is -0.190. The zero-order valence-electron chi connectivity index (χ0n) is 12.4. The predicted octanol–water partition coefficient (Wildman–Crippen LogP) is 2.75. The number of hydrogen-bond donors (Lipinski definition) is 2. The highest BCUT2D eigenvalue weighted by molar-refractivity contribution is 5.57. The van der Waals surface area contributed by atoms with Gasteiger partial charge in [-0.15, -0.1) is 0 Å². The molecule has 1 aromatic rings. The number of nitrogens with two attached hydrogens (primary N) is 1. The van der Waals surface area contributed by atoms with Gasteiger partial charge in [-0.3, -0.25) is 0 Å². The van der Waals surface area contributed by atoms with E-state index in [1.807, 2.05) is 13.0 Å². The molecule has 2 atom stereocenters. The van der Waals surface area contributed by atoms with Crippen LogP contribution in [0, 0.1) is 18.7 Å². The van der Waals surface area contributed by atoms with E-state index < -0.39 is 0 Å². The molecule has 0 bridgehead atoms. The van der Waals surface area contributed by atoms with Crippen LogP contribution in [0.1, 0.15) is 43.4 Å². The van der Waals surface area contributed by atoms with Crippen molar-refractivity contribution in [3.05, 3.63) is 29.1 Å². The van der Waals surface area contributed by atoms with E-state index in [1.165, 1.54) is 0 Å². The number of nitrogens with zero attached hydrogens (tertiary/aromatic N) is 1. The number of aliphatic hydroxyl groups excluding tert-OH is 1. The molecule has 112 valence electrons. The van der Waals surface area contributed by atoms with E-state index in [0.717, 1.165) is 43.6 Å². The minimum absolute atomic E-state index is 0.182. The van der Waals surface area contributed by atoms with Gasteiger partial charge in [0.25, 0.3) is 0 Å². The van der Waals surface area contributed by atoms with Crippen LogP contribution in [0.4, 0.5) is 10.1 Å². The van der Waals surface area contributed by atoms with Gasteiger partial charge < -0.3 is 15.7 Å². The first-order valence-electron chi connectivity index (χ1n) is 7.44. The van der Waals surface area contributed by atoms with Crippen molar-refractivity contribution in [3.63, 3.8) is 0 Å². The Kier molecular flexibility index (Phi) is 5.00. The molecule has 0 aliphatic carbocycles. The molecule has 1 saturated heterocycles. The molecule has 1 aliphatic rings. The van der Waals surface area contributed by atoms with Crippen molar-refractivity contribution in [2.45, 2.75) is 39.2 Å². The van der Waals surface area contributed by atoms with Crippen molar-refractivity contribution < 1.29 is 9.50 Å². The van der Waals surface area contributed by atoms with Crippen molar-refractivity contribution in [2.75, 3.05) is 24.6 Å². The monoisotopic (exact) mass is 280 g/mol. The lowest BCUT2D eigenvalue weighted by Gasteiger charge is -2.36. The Morgan fingerprint density at radius 2 is 2.25 bits per heavy atom. The van der Waals surface area contributed by atoms with Gasteiger partial charge in [0.2, 0.25) is 0 Å². The molecule has 3 N–H and O–H groups in total. The SMILES string of the molecule is Cc1cc(N2CCCC(CCO)C2)c([C@@H](C)N)cc1F. The molecule has 1 unspecified atom stereocenters. The normalized spacial score (nSPS) is 21.1. The second-order valence-electron chi connectivity index (χ2n) is 5.92. The van der Waals surface area contributed by atoms with Crippen LogP contribution < -0.4 is 10.6 Å². The summed E-state index contributed by atoms with van der Waals surface area (Å²) in [5.74, 6) is 0.324. The van der Waals surface area contributed by atoms with Gasteiger partial charge in [-0.1, -0.05) is 0 Å². The van der Waals surface area contributed by atoms with Crippen molar-refractivity contribution in [2.24, 2.45) is 11.7 Å². The van der Waals surface area contributed by atoms with Crippen LogP contribution in [0.3, 0.4) is 0 Å². The smallest absolute Gasteiger partial charge is 0.126 e. The van der Waals surface area contributed by atoms with E-state index in [1.54, 1.807) is 13.0 Å². The highest BCUT2D eigenvalue weighted by Crippen LogP contribution is 2.32. The molecule has 1 fully saturated rings. The highest BCUT2D eigenvalue weighted by Gasteiger charge is 2.23. The average molecular weight is 280 g/mol. The number of benzene rings is 1. The summed E-state index contributed by atoms with van der Waals surface area (Å²) in [5, 5.41) is 9.11. The lowest BCUT2D eigenvalue weighted by molar-refractivity contribution is 0.244. The topological polar surface area (TPSA) is 49.5 Å². The average Bonchev–Trinajstić information content (AvgIpc) is 2.42. The van der Waals surface area contributed by atoms with Crippen LogP contribution in [0.2, 0.25) is 0 Å². The Bertz CT molecular complexity index is 460. The van der Waals surface area contributed by atoms with E-state index in [9.17, 15) is 4.39 Å². The fourth-order valence-electron chi connectivity index (χ4n) is 3.02. The van der Waals surface area contributed by atoms with E-state index in [0.29, 0.717) is 11.5 Å². The second-order valence-corrected chi connectivity index (χ2v) is 5.92. The molecule has 1 heterocycles. The Balaban J connectivity index is 2.28. The Morgan fingerprint density at radius 1 is 1.50 bits per heavy atom. The van der Waals surface area contributed by atoms with Crippen LogP contribution in [-0.4, -0.2) is 24.8 Å². The number of piperidine rings is 1. The number of aryl methyl sites for hydroxylation is 1. The molecule has 0 radical (unpaired) electrons. The fourth-order valence-corrected chi connectivity index (χ4v) is 3.02. The van der Waals surface area contributed by atoms with E-state index in [2.05, 4.69) is 4.90 Å². The second kappa shape index (κ2) is 6.55.